The Morgan fingerprint density at radius 3 is 2.22 bits per heavy atom. The van der Waals surface area contributed by atoms with Gasteiger partial charge in [-0.05, 0) is 25.1 Å². The van der Waals surface area contributed by atoms with Crippen molar-refractivity contribution >= 4 is 16.0 Å². The second-order valence-electron chi connectivity index (χ2n) is 7.93. The number of nitrogens with one attached hydrogen (secondary N) is 1. The summed E-state index contributed by atoms with van der Waals surface area (Å²) in [6.45, 7) is 3.15. The van der Waals surface area contributed by atoms with Crippen molar-refractivity contribution in [3.8, 4) is 28.7 Å². The molecule has 0 radical (unpaired) electrons. The Morgan fingerprint density at radius 1 is 1.03 bits per heavy atom. The van der Waals surface area contributed by atoms with Crippen LogP contribution in [0.25, 0.3) is 17.2 Å². The Hall–Kier alpha value is -4.07. The quantitative estimate of drug-likeness (QED) is 0.355. The van der Waals surface area contributed by atoms with Crippen molar-refractivity contribution in [2.24, 2.45) is 7.05 Å². The lowest BCUT2D eigenvalue weighted by atomic mass is 10.1. The maximum atomic E-state index is 13.4. The zero-order valence-corrected chi connectivity index (χ0v) is 21.1. The topological polar surface area (TPSA) is 139 Å². The lowest BCUT2D eigenvalue weighted by Crippen LogP contribution is -2.31. The third-order valence-electron chi connectivity index (χ3n) is 5.81. The van der Waals surface area contributed by atoms with Crippen LogP contribution in [0.3, 0.4) is 0 Å². The van der Waals surface area contributed by atoms with Gasteiger partial charge < -0.3 is 9.47 Å². The van der Waals surface area contributed by atoms with E-state index in [1.54, 1.807) is 49.1 Å². The average Bonchev–Trinajstić information content (AvgIpc) is 3.47. The molecular weight excluding hydrogens is 491 g/mol. The van der Waals surface area contributed by atoms with E-state index in [9.17, 15) is 12.8 Å². The first kappa shape index (κ1) is 25.0. The molecule has 0 aliphatic rings. The molecule has 190 valence electrons. The average molecular weight is 517 g/mol. The number of ether oxygens (including phenoxy) is 2. The molecule has 3 aromatic heterocycles. The Bertz CT molecular complexity index is 1450. The maximum Gasteiger partial charge on any atom is 0.243 e. The highest BCUT2D eigenvalue weighted by atomic mass is 32.2. The number of benzene rings is 1. The van der Waals surface area contributed by atoms with Crippen LogP contribution in [0.1, 0.15) is 25.6 Å². The molecule has 1 N–H and O–H groups in total. The van der Waals surface area contributed by atoms with Crippen LogP contribution in [0.5, 0.6) is 11.5 Å². The number of hydrogen-bond acceptors (Lipinski definition) is 9. The molecule has 0 aliphatic carbocycles. The van der Waals surface area contributed by atoms with E-state index in [0.29, 0.717) is 28.7 Å². The molecule has 12 nitrogen and oxygen atoms in total. The summed E-state index contributed by atoms with van der Waals surface area (Å²) in [4.78, 5) is 7.85. The van der Waals surface area contributed by atoms with Crippen molar-refractivity contribution < 1.29 is 22.3 Å². The molecule has 0 saturated carbocycles. The summed E-state index contributed by atoms with van der Waals surface area (Å²) in [5.74, 6) is -0.0555. The van der Waals surface area contributed by atoms with Gasteiger partial charge in [-0.1, -0.05) is 13.0 Å². The van der Waals surface area contributed by atoms with Crippen molar-refractivity contribution in [3.63, 3.8) is 0 Å². The lowest BCUT2D eigenvalue weighted by molar-refractivity contribution is 0.391. The second-order valence-corrected chi connectivity index (χ2v) is 9.97. The minimum absolute atomic E-state index is 0.0897. The second kappa shape index (κ2) is 9.89. The molecule has 0 spiro atoms. The Balaban J connectivity index is 1.82. The molecule has 0 aliphatic heterocycles. The zero-order valence-electron chi connectivity index (χ0n) is 20.2. The molecule has 3 heterocycles. The van der Waals surface area contributed by atoms with Gasteiger partial charge in [-0.3, -0.25) is 14.0 Å². The minimum atomic E-state index is -4.06. The van der Waals surface area contributed by atoms with Gasteiger partial charge in [-0.15, -0.1) is 10.2 Å². The van der Waals surface area contributed by atoms with E-state index < -0.39 is 27.0 Å². The molecule has 4 rings (SSSR count). The van der Waals surface area contributed by atoms with E-state index in [0.717, 1.165) is 12.4 Å². The highest BCUT2D eigenvalue weighted by Crippen LogP contribution is 2.38. The monoisotopic (exact) mass is 516 g/mol. The lowest BCUT2D eigenvalue weighted by Gasteiger charge is -2.21. The van der Waals surface area contributed by atoms with Gasteiger partial charge in [0.1, 0.15) is 28.7 Å². The number of methoxy groups -OCH3 is 2. The largest absolute Gasteiger partial charge is 0.494 e. The Morgan fingerprint density at radius 2 is 1.67 bits per heavy atom. The fourth-order valence-corrected chi connectivity index (χ4v) is 4.86. The third kappa shape index (κ3) is 4.58. The normalized spacial score (nSPS) is 13.3. The summed E-state index contributed by atoms with van der Waals surface area (Å²) in [5, 5.41) is 11.6. The fraction of sp³-hybridized carbons (Fsp3) is 0.318. The summed E-state index contributed by atoms with van der Waals surface area (Å²) < 4.78 is 56.8. The number of para-hydroxylation sites is 1. The van der Waals surface area contributed by atoms with Crippen LogP contribution in [0, 0.1) is 5.82 Å². The van der Waals surface area contributed by atoms with Gasteiger partial charge in [0, 0.05) is 19.2 Å². The highest BCUT2D eigenvalue weighted by molar-refractivity contribution is 7.93. The summed E-state index contributed by atoms with van der Waals surface area (Å²) in [7, 11) is 0.647. The summed E-state index contributed by atoms with van der Waals surface area (Å²) in [5.41, 5.74) is 0.964. The van der Waals surface area contributed by atoms with Crippen molar-refractivity contribution in [1.29, 1.82) is 0 Å². The van der Waals surface area contributed by atoms with E-state index in [4.69, 9.17) is 9.47 Å². The summed E-state index contributed by atoms with van der Waals surface area (Å²) in [6.07, 6.45) is 3.58. The van der Waals surface area contributed by atoms with Crippen molar-refractivity contribution in [1.82, 2.24) is 34.5 Å². The third-order valence-corrected chi connectivity index (χ3v) is 7.67. The van der Waals surface area contributed by atoms with Gasteiger partial charge in [0.25, 0.3) is 0 Å². The molecule has 4 aromatic rings. The van der Waals surface area contributed by atoms with Crippen LogP contribution >= 0.6 is 0 Å². The van der Waals surface area contributed by atoms with E-state index in [2.05, 4.69) is 30.0 Å². The number of nitrogens with zero attached hydrogens (tertiary/aromatic N) is 7. The van der Waals surface area contributed by atoms with Gasteiger partial charge in [0.2, 0.25) is 16.0 Å². The van der Waals surface area contributed by atoms with Crippen LogP contribution < -0.4 is 14.2 Å². The van der Waals surface area contributed by atoms with Crippen molar-refractivity contribution in [2.75, 3.05) is 18.9 Å². The van der Waals surface area contributed by atoms with Crippen LogP contribution in [-0.4, -0.2) is 62.4 Å². The summed E-state index contributed by atoms with van der Waals surface area (Å²) in [6, 6.07) is 6.88. The molecule has 14 heteroatoms. The highest BCUT2D eigenvalue weighted by Gasteiger charge is 2.32. The SMILES string of the molecule is COc1cccc(OC)c1-n1c(NS(=O)(=O)C(C)C(C)c2ncc(F)cn2)nnc1-c1ccnn1C. The molecule has 0 saturated heterocycles. The first-order valence-corrected chi connectivity index (χ1v) is 12.4. The maximum absolute atomic E-state index is 13.4. The molecule has 36 heavy (non-hydrogen) atoms. The molecule has 0 fully saturated rings. The van der Waals surface area contributed by atoms with Crippen LogP contribution in [0.4, 0.5) is 10.3 Å². The number of aromatic nitrogens is 7. The Kier molecular flexibility index (Phi) is 6.88. The van der Waals surface area contributed by atoms with Gasteiger partial charge >= 0.3 is 0 Å². The number of aryl methyl sites for hydroxylation is 1. The minimum Gasteiger partial charge on any atom is -0.494 e. The van der Waals surface area contributed by atoms with E-state index in [1.807, 2.05) is 0 Å². The molecule has 1 aromatic carbocycles. The van der Waals surface area contributed by atoms with Crippen LogP contribution in [0.15, 0.2) is 42.9 Å². The fourth-order valence-electron chi connectivity index (χ4n) is 3.63. The number of anilines is 1. The standard InChI is InChI=1S/C22H25FN8O4S/c1-13(20-24-11-15(23)12-25-20)14(2)36(32,33)29-22-28-27-21(16-9-10-26-30(16)3)31(22)19-17(34-4)7-6-8-18(19)35-5/h6-14H,1-5H3,(H,28,29). The molecule has 2 atom stereocenters. The van der Waals surface area contributed by atoms with Gasteiger partial charge in [0.15, 0.2) is 11.6 Å². The van der Waals surface area contributed by atoms with Crippen molar-refractivity contribution in [3.05, 3.63) is 54.5 Å². The first-order valence-electron chi connectivity index (χ1n) is 10.8. The molecule has 0 amide bonds. The number of hydrogen-bond donors (Lipinski definition) is 1. The summed E-state index contributed by atoms with van der Waals surface area (Å²) >= 11 is 0. The van der Waals surface area contributed by atoms with Gasteiger partial charge in [-0.25, -0.2) is 22.8 Å². The molecule has 0 bridgehead atoms. The molecular formula is C22H25FN8O4S. The van der Waals surface area contributed by atoms with E-state index in [-0.39, 0.29) is 11.8 Å². The van der Waals surface area contributed by atoms with Gasteiger partial charge in [0.05, 0.1) is 31.9 Å². The predicted molar refractivity (Wildman–Crippen MR) is 129 cm³/mol. The first-order chi connectivity index (χ1) is 17.2. The number of halogens is 1. The predicted octanol–water partition coefficient (Wildman–Crippen LogP) is 2.55. The van der Waals surface area contributed by atoms with E-state index >= 15 is 0 Å². The van der Waals surface area contributed by atoms with Crippen LogP contribution in [0.2, 0.25) is 0 Å². The number of rotatable bonds is 9. The Labute approximate surface area is 207 Å². The van der Waals surface area contributed by atoms with Crippen LogP contribution in [-0.2, 0) is 17.1 Å². The zero-order chi connectivity index (χ0) is 26.0. The van der Waals surface area contributed by atoms with Crippen molar-refractivity contribution in [2.45, 2.75) is 25.0 Å². The molecule has 2 unspecified atom stereocenters. The van der Waals surface area contributed by atoms with E-state index in [1.165, 1.54) is 25.7 Å². The van der Waals surface area contributed by atoms with Gasteiger partial charge in [-0.2, -0.15) is 5.10 Å². The number of sulfonamides is 1. The smallest absolute Gasteiger partial charge is 0.243 e.